The van der Waals surface area contributed by atoms with Gasteiger partial charge in [-0.15, -0.1) is 0 Å². The first-order valence-electron chi connectivity index (χ1n) is 6.24. The highest BCUT2D eigenvalue weighted by atomic mass is 16.4. The Morgan fingerprint density at radius 2 is 2.18 bits per heavy atom. The van der Waals surface area contributed by atoms with Crippen LogP contribution in [-0.2, 0) is 9.59 Å². The second-order valence-corrected chi connectivity index (χ2v) is 4.88. The highest BCUT2D eigenvalue weighted by molar-refractivity contribution is 5.78. The normalized spacial score (nSPS) is 19.9. The molecule has 1 unspecified atom stereocenters. The molecular formula is C12H22N2O3. The fourth-order valence-corrected chi connectivity index (χ4v) is 1.98. The van der Waals surface area contributed by atoms with Gasteiger partial charge >= 0.3 is 5.97 Å². The molecule has 5 heteroatoms. The van der Waals surface area contributed by atoms with E-state index in [1.807, 2.05) is 0 Å². The summed E-state index contributed by atoms with van der Waals surface area (Å²) in [6.07, 6.45) is 1.91. The fraction of sp³-hybridized carbons (Fsp3) is 0.833. The van der Waals surface area contributed by atoms with Crippen molar-refractivity contribution in [2.75, 3.05) is 19.6 Å². The third kappa shape index (κ3) is 4.73. The Labute approximate surface area is 102 Å². The third-order valence-electron chi connectivity index (χ3n) is 3.01. The van der Waals surface area contributed by atoms with Gasteiger partial charge in [-0.25, -0.2) is 0 Å². The van der Waals surface area contributed by atoms with E-state index in [-0.39, 0.29) is 11.8 Å². The zero-order chi connectivity index (χ0) is 12.8. The van der Waals surface area contributed by atoms with Gasteiger partial charge in [-0.3, -0.25) is 9.59 Å². The van der Waals surface area contributed by atoms with E-state index in [9.17, 15) is 9.59 Å². The first-order chi connectivity index (χ1) is 8.00. The first kappa shape index (κ1) is 14.0. The van der Waals surface area contributed by atoms with E-state index in [4.69, 9.17) is 5.11 Å². The number of amides is 1. The van der Waals surface area contributed by atoms with Crippen LogP contribution in [0.1, 0.15) is 33.1 Å². The molecular weight excluding hydrogens is 220 g/mol. The predicted octanol–water partition coefficient (Wildman–Crippen LogP) is 0.698. The van der Waals surface area contributed by atoms with Gasteiger partial charge in [0.2, 0.25) is 5.91 Å². The number of hydrogen-bond acceptors (Lipinski definition) is 3. The molecule has 1 saturated heterocycles. The van der Waals surface area contributed by atoms with Crippen LogP contribution in [0.2, 0.25) is 0 Å². The van der Waals surface area contributed by atoms with Crippen molar-refractivity contribution < 1.29 is 14.7 Å². The van der Waals surface area contributed by atoms with Crippen LogP contribution in [0.15, 0.2) is 0 Å². The number of likely N-dealkylation sites (tertiary alicyclic amines) is 1. The molecule has 0 saturated carbocycles. The van der Waals surface area contributed by atoms with Crippen molar-refractivity contribution in [3.05, 3.63) is 0 Å². The maximum absolute atomic E-state index is 11.8. The Hall–Kier alpha value is -1.10. The second-order valence-electron chi connectivity index (χ2n) is 4.88. The van der Waals surface area contributed by atoms with E-state index < -0.39 is 5.97 Å². The maximum Gasteiger partial charge on any atom is 0.308 e. The van der Waals surface area contributed by atoms with Crippen molar-refractivity contribution in [3.8, 4) is 0 Å². The predicted molar refractivity (Wildman–Crippen MR) is 64.7 cm³/mol. The van der Waals surface area contributed by atoms with Gasteiger partial charge < -0.3 is 15.3 Å². The van der Waals surface area contributed by atoms with Gasteiger partial charge in [-0.2, -0.15) is 0 Å². The van der Waals surface area contributed by atoms with E-state index in [0.717, 1.165) is 13.0 Å². The molecule has 0 aliphatic carbocycles. The topological polar surface area (TPSA) is 69.6 Å². The molecule has 1 amide bonds. The summed E-state index contributed by atoms with van der Waals surface area (Å²) in [5.41, 5.74) is 0. The summed E-state index contributed by atoms with van der Waals surface area (Å²) < 4.78 is 0. The van der Waals surface area contributed by atoms with Crippen LogP contribution < -0.4 is 5.32 Å². The number of nitrogens with zero attached hydrogens (tertiary/aromatic N) is 1. The molecule has 17 heavy (non-hydrogen) atoms. The van der Waals surface area contributed by atoms with E-state index in [1.54, 1.807) is 4.90 Å². The summed E-state index contributed by atoms with van der Waals surface area (Å²) in [6.45, 7) is 5.94. The summed E-state index contributed by atoms with van der Waals surface area (Å²) >= 11 is 0. The molecule has 5 nitrogen and oxygen atoms in total. The lowest BCUT2D eigenvalue weighted by atomic mass is 10.1. The zero-order valence-electron chi connectivity index (χ0n) is 10.6. The molecule has 1 heterocycles. The highest BCUT2D eigenvalue weighted by Gasteiger charge is 2.30. The van der Waals surface area contributed by atoms with Gasteiger partial charge in [0.05, 0.1) is 5.92 Å². The van der Waals surface area contributed by atoms with Gasteiger partial charge in [0.15, 0.2) is 0 Å². The van der Waals surface area contributed by atoms with E-state index in [1.165, 1.54) is 0 Å². The Bertz CT molecular complexity index is 279. The summed E-state index contributed by atoms with van der Waals surface area (Å²) in [4.78, 5) is 24.2. The van der Waals surface area contributed by atoms with Crippen LogP contribution in [0.4, 0.5) is 0 Å². The molecule has 0 bridgehead atoms. The van der Waals surface area contributed by atoms with Gasteiger partial charge in [0.25, 0.3) is 0 Å². The molecule has 0 aromatic carbocycles. The summed E-state index contributed by atoms with van der Waals surface area (Å²) in [5.74, 6) is -1.08. The molecule has 0 aromatic rings. The van der Waals surface area contributed by atoms with Crippen LogP contribution in [0.5, 0.6) is 0 Å². The van der Waals surface area contributed by atoms with Crippen molar-refractivity contribution in [2.24, 2.45) is 5.92 Å². The number of carboxylic acid groups (broad SMARTS) is 1. The monoisotopic (exact) mass is 242 g/mol. The molecule has 1 atom stereocenters. The summed E-state index contributed by atoms with van der Waals surface area (Å²) in [5, 5.41) is 12.1. The van der Waals surface area contributed by atoms with E-state index >= 15 is 0 Å². The van der Waals surface area contributed by atoms with Crippen molar-refractivity contribution in [3.63, 3.8) is 0 Å². The minimum atomic E-state index is -0.790. The van der Waals surface area contributed by atoms with Crippen molar-refractivity contribution >= 4 is 11.9 Å². The standard InChI is InChI=1S/C12H22N2O3/c1-9(2)13-6-3-4-11(15)14-7-5-10(8-14)12(16)17/h9-10,13H,3-8H2,1-2H3,(H,16,17). The molecule has 2 N–H and O–H groups in total. The Morgan fingerprint density at radius 3 is 2.71 bits per heavy atom. The number of aliphatic carboxylic acids is 1. The number of carboxylic acids is 1. The van der Waals surface area contributed by atoms with Crippen LogP contribution >= 0.6 is 0 Å². The molecule has 1 fully saturated rings. The van der Waals surface area contributed by atoms with Crippen molar-refractivity contribution in [1.29, 1.82) is 0 Å². The summed E-state index contributed by atoms with van der Waals surface area (Å²) in [7, 11) is 0. The van der Waals surface area contributed by atoms with Gasteiger partial charge in [0, 0.05) is 25.6 Å². The van der Waals surface area contributed by atoms with Crippen LogP contribution in [0.25, 0.3) is 0 Å². The van der Waals surface area contributed by atoms with Gasteiger partial charge in [0.1, 0.15) is 0 Å². The number of hydrogen-bond donors (Lipinski definition) is 2. The second kappa shape index (κ2) is 6.59. The van der Waals surface area contributed by atoms with Crippen LogP contribution in [0, 0.1) is 5.92 Å². The number of rotatable bonds is 6. The number of carbonyl (C=O) groups excluding carboxylic acids is 1. The Morgan fingerprint density at radius 1 is 1.47 bits per heavy atom. The lowest BCUT2D eigenvalue weighted by Gasteiger charge is -2.16. The number of nitrogens with one attached hydrogen (secondary N) is 1. The molecule has 0 aromatic heterocycles. The van der Waals surface area contributed by atoms with Crippen LogP contribution in [-0.4, -0.2) is 47.6 Å². The number of carbonyl (C=O) groups is 2. The average molecular weight is 242 g/mol. The first-order valence-corrected chi connectivity index (χ1v) is 6.24. The van der Waals surface area contributed by atoms with Gasteiger partial charge in [-0.1, -0.05) is 13.8 Å². The van der Waals surface area contributed by atoms with Crippen molar-refractivity contribution in [1.82, 2.24) is 10.2 Å². The fourth-order valence-electron chi connectivity index (χ4n) is 1.98. The van der Waals surface area contributed by atoms with Gasteiger partial charge in [-0.05, 0) is 19.4 Å². The summed E-state index contributed by atoms with van der Waals surface area (Å²) in [6, 6.07) is 0.438. The highest BCUT2D eigenvalue weighted by Crippen LogP contribution is 2.17. The van der Waals surface area contributed by atoms with Crippen molar-refractivity contribution in [2.45, 2.75) is 39.2 Å². The Kier molecular flexibility index (Phi) is 5.41. The SMILES string of the molecule is CC(C)NCCCC(=O)N1CCC(C(=O)O)C1. The molecule has 0 radical (unpaired) electrons. The largest absolute Gasteiger partial charge is 0.481 e. The average Bonchev–Trinajstić information content (AvgIpc) is 2.73. The molecule has 1 rings (SSSR count). The van der Waals surface area contributed by atoms with E-state index in [2.05, 4.69) is 19.2 Å². The molecule has 98 valence electrons. The zero-order valence-corrected chi connectivity index (χ0v) is 10.6. The minimum Gasteiger partial charge on any atom is -0.481 e. The van der Waals surface area contributed by atoms with E-state index in [0.29, 0.717) is 32.0 Å². The Balaban J connectivity index is 2.19. The smallest absolute Gasteiger partial charge is 0.308 e. The minimum absolute atomic E-state index is 0.0827. The quantitative estimate of drug-likeness (QED) is 0.673. The third-order valence-corrected chi connectivity index (χ3v) is 3.01. The lowest BCUT2D eigenvalue weighted by molar-refractivity contribution is -0.141. The van der Waals surface area contributed by atoms with Crippen LogP contribution in [0.3, 0.4) is 0 Å². The maximum atomic E-state index is 11.8. The molecule has 1 aliphatic heterocycles. The lowest BCUT2D eigenvalue weighted by Crippen LogP contribution is -2.31. The molecule has 1 aliphatic rings. The molecule has 0 spiro atoms.